The maximum Gasteiger partial charge on any atom is 0.136 e. The molecule has 2 aliphatic rings. The molecule has 4 nitrogen and oxygen atoms in total. The Bertz CT molecular complexity index is 193. The minimum Gasteiger partial charge on any atom is -0.379 e. The van der Waals surface area contributed by atoms with Gasteiger partial charge in [0.25, 0.3) is 0 Å². The zero-order valence-electron chi connectivity index (χ0n) is 8.45. The van der Waals surface area contributed by atoms with Crippen molar-refractivity contribution in [3.8, 4) is 0 Å². The molecule has 0 aliphatic carbocycles. The molecule has 2 aliphatic heterocycles. The molecule has 80 valence electrons. The van der Waals surface area contributed by atoms with Crippen molar-refractivity contribution < 1.29 is 9.53 Å². The first-order valence-electron chi connectivity index (χ1n) is 5.37. The molecular formula is C10H18N2O2. The van der Waals surface area contributed by atoms with Crippen LogP contribution in [0.2, 0.25) is 0 Å². The molecule has 0 amide bonds. The number of aldehydes is 1. The fraction of sp³-hybridized carbons (Fsp3) is 0.900. The van der Waals surface area contributed by atoms with Gasteiger partial charge >= 0.3 is 0 Å². The topological polar surface area (TPSA) is 41.6 Å². The lowest BCUT2D eigenvalue weighted by Crippen LogP contribution is -2.39. The summed E-state index contributed by atoms with van der Waals surface area (Å²) in [5.41, 5.74) is 0. The van der Waals surface area contributed by atoms with Crippen LogP contribution in [-0.2, 0) is 9.53 Å². The Labute approximate surface area is 84.6 Å². The average Bonchev–Trinajstić information content (AvgIpc) is 2.67. The van der Waals surface area contributed by atoms with Crippen molar-refractivity contribution in [1.29, 1.82) is 0 Å². The first kappa shape index (κ1) is 10.1. The van der Waals surface area contributed by atoms with E-state index in [9.17, 15) is 4.79 Å². The highest BCUT2D eigenvalue weighted by molar-refractivity contribution is 5.58. The lowest BCUT2D eigenvalue weighted by atomic mass is 10.1. The monoisotopic (exact) mass is 198 g/mol. The number of carbonyl (C=O) groups is 1. The van der Waals surface area contributed by atoms with Gasteiger partial charge in [0.1, 0.15) is 6.29 Å². The summed E-state index contributed by atoms with van der Waals surface area (Å²) in [6.07, 6.45) is 2.03. The van der Waals surface area contributed by atoms with Crippen LogP contribution in [0, 0.1) is 5.92 Å². The summed E-state index contributed by atoms with van der Waals surface area (Å²) >= 11 is 0. The molecule has 0 spiro atoms. The number of rotatable bonds is 3. The number of ether oxygens (including phenoxy) is 1. The second-order valence-corrected chi connectivity index (χ2v) is 4.17. The van der Waals surface area contributed by atoms with Crippen LogP contribution in [0.1, 0.15) is 6.42 Å². The average molecular weight is 198 g/mol. The molecule has 0 aromatic carbocycles. The molecule has 4 heteroatoms. The van der Waals surface area contributed by atoms with E-state index in [0.29, 0.717) is 5.92 Å². The van der Waals surface area contributed by atoms with Crippen molar-refractivity contribution in [3.63, 3.8) is 0 Å². The molecule has 0 aromatic rings. The lowest BCUT2D eigenvalue weighted by molar-refractivity contribution is -0.109. The van der Waals surface area contributed by atoms with Gasteiger partial charge < -0.3 is 14.8 Å². The summed E-state index contributed by atoms with van der Waals surface area (Å²) in [7, 11) is 0. The van der Waals surface area contributed by atoms with E-state index < -0.39 is 0 Å². The molecule has 2 saturated heterocycles. The number of carbonyl (C=O) groups excluding carboxylic acids is 1. The molecule has 14 heavy (non-hydrogen) atoms. The maximum atomic E-state index is 10.5. The fourth-order valence-corrected chi connectivity index (χ4v) is 2.24. The van der Waals surface area contributed by atoms with E-state index in [0.717, 1.165) is 52.1 Å². The minimum atomic E-state index is 0.0982. The van der Waals surface area contributed by atoms with Crippen molar-refractivity contribution in [2.75, 3.05) is 39.4 Å². The van der Waals surface area contributed by atoms with Gasteiger partial charge in [0.15, 0.2) is 0 Å². The van der Waals surface area contributed by atoms with Crippen LogP contribution in [0.3, 0.4) is 0 Å². The molecule has 0 aromatic heterocycles. The van der Waals surface area contributed by atoms with Gasteiger partial charge in [-0.15, -0.1) is 0 Å². The van der Waals surface area contributed by atoms with Gasteiger partial charge in [0.05, 0.1) is 19.3 Å². The molecule has 2 heterocycles. The Hall–Kier alpha value is -0.450. The summed E-state index contributed by atoms with van der Waals surface area (Å²) in [4.78, 5) is 13.0. The van der Waals surface area contributed by atoms with Gasteiger partial charge in [-0.25, -0.2) is 0 Å². The predicted octanol–water partition coefficient (Wildman–Crippen LogP) is -0.504. The Morgan fingerprint density at radius 1 is 1.43 bits per heavy atom. The van der Waals surface area contributed by atoms with Gasteiger partial charge in [-0.05, 0) is 18.9 Å². The highest BCUT2D eigenvalue weighted by Crippen LogP contribution is 2.14. The number of nitrogens with zero attached hydrogens (tertiary/aromatic N) is 1. The molecule has 0 bridgehead atoms. The summed E-state index contributed by atoms with van der Waals surface area (Å²) in [6.45, 7) is 5.90. The van der Waals surface area contributed by atoms with Crippen LogP contribution in [-0.4, -0.2) is 56.6 Å². The Morgan fingerprint density at radius 3 is 2.86 bits per heavy atom. The number of nitrogens with one attached hydrogen (secondary N) is 1. The second kappa shape index (κ2) is 4.87. The van der Waals surface area contributed by atoms with Crippen molar-refractivity contribution in [2.24, 2.45) is 5.92 Å². The standard InChI is InChI=1S/C10H18N2O2/c13-8-10-5-9(6-11-10)7-12-1-3-14-4-2-12/h8-11H,1-7H2. The van der Waals surface area contributed by atoms with E-state index >= 15 is 0 Å². The molecule has 0 radical (unpaired) electrons. The maximum absolute atomic E-state index is 10.5. The molecule has 2 rings (SSSR count). The Morgan fingerprint density at radius 2 is 2.21 bits per heavy atom. The van der Waals surface area contributed by atoms with Gasteiger partial charge in [0.2, 0.25) is 0 Å². The van der Waals surface area contributed by atoms with Crippen molar-refractivity contribution >= 4 is 6.29 Å². The Kier molecular flexibility index (Phi) is 3.50. The SMILES string of the molecule is O=CC1CC(CN2CCOCC2)CN1. The molecule has 1 N–H and O–H groups in total. The van der Waals surface area contributed by atoms with E-state index in [4.69, 9.17) is 4.74 Å². The van der Waals surface area contributed by atoms with Crippen LogP contribution in [0.4, 0.5) is 0 Å². The third kappa shape index (κ3) is 2.53. The third-order valence-corrected chi connectivity index (χ3v) is 3.04. The lowest BCUT2D eigenvalue weighted by Gasteiger charge is -2.28. The first-order valence-corrected chi connectivity index (χ1v) is 5.37. The van der Waals surface area contributed by atoms with E-state index in [1.165, 1.54) is 0 Å². The molecule has 2 unspecified atom stereocenters. The normalized spacial score (nSPS) is 34.6. The zero-order valence-corrected chi connectivity index (χ0v) is 8.45. The number of morpholine rings is 1. The second-order valence-electron chi connectivity index (χ2n) is 4.17. The molecular weight excluding hydrogens is 180 g/mol. The molecule has 2 fully saturated rings. The van der Waals surface area contributed by atoms with E-state index in [1.54, 1.807) is 0 Å². The summed E-state index contributed by atoms with van der Waals surface area (Å²) in [5, 5.41) is 3.22. The van der Waals surface area contributed by atoms with Crippen molar-refractivity contribution in [3.05, 3.63) is 0 Å². The predicted molar refractivity (Wildman–Crippen MR) is 53.2 cm³/mol. The van der Waals surface area contributed by atoms with E-state index in [2.05, 4.69) is 10.2 Å². The van der Waals surface area contributed by atoms with Gasteiger partial charge in [0, 0.05) is 19.6 Å². The summed E-state index contributed by atoms with van der Waals surface area (Å²) in [6, 6.07) is 0.0982. The first-order chi connectivity index (χ1) is 6.88. The van der Waals surface area contributed by atoms with E-state index in [-0.39, 0.29) is 6.04 Å². The van der Waals surface area contributed by atoms with Gasteiger partial charge in [-0.3, -0.25) is 4.90 Å². The quantitative estimate of drug-likeness (QED) is 0.621. The van der Waals surface area contributed by atoms with Crippen LogP contribution in [0.5, 0.6) is 0 Å². The zero-order chi connectivity index (χ0) is 9.80. The van der Waals surface area contributed by atoms with Gasteiger partial charge in [-0.1, -0.05) is 0 Å². The van der Waals surface area contributed by atoms with Gasteiger partial charge in [-0.2, -0.15) is 0 Å². The smallest absolute Gasteiger partial charge is 0.136 e. The number of hydrogen-bond donors (Lipinski definition) is 1. The van der Waals surface area contributed by atoms with Crippen LogP contribution in [0.25, 0.3) is 0 Å². The van der Waals surface area contributed by atoms with Crippen LogP contribution >= 0.6 is 0 Å². The Balaban J connectivity index is 1.72. The largest absolute Gasteiger partial charge is 0.379 e. The van der Waals surface area contributed by atoms with Crippen LogP contribution < -0.4 is 5.32 Å². The van der Waals surface area contributed by atoms with Crippen molar-refractivity contribution in [2.45, 2.75) is 12.5 Å². The molecule has 0 saturated carbocycles. The highest BCUT2D eigenvalue weighted by atomic mass is 16.5. The summed E-state index contributed by atoms with van der Waals surface area (Å²) < 4.78 is 5.29. The van der Waals surface area contributed by atoms with Crippen LogP contribution in [0.15, 0.2) is 0 Å². The van der Waals surface area contributed by atoms with Crippen molar-refractivity contribution in [1.82, 2.24) is 10.2 Å². The van der Waals surface area contributed by atoms with E-state index in [1.807, 2.05) is 0 Å². The molecule has 2 atom stereocenters. The minimum absolute atomic E-state index is 0.0982. The third-order valence-electron chi connectivity index (χ3n) is 3.04. The fourth-order valence-electron chi connectivity index (χ4n) is 2.24. The highest BCUT2D eigenvalue weighted by Gasteiger charge is 2.25. The summed E-state index contributed by atoms with van der Waals surface area (Å²) in [5.74, 6) is 0.642. The number of hydrogen-bond acceptors (Lipinski definition) is 4.